The number of nitrogens with zero attached hydrogens (tertiary/aromatic N) is 3. The van der Waals surface area contributed by atoms with Crippen LogP contribution in [0, 0.1) is 18.6 Å². The van der Waals surface area contributed by atoms with E-state index in [1.807, 2.05) is 6.07 Å². The van der Waals surface area contributed by atoms with Gasteiger partial charge in [-0.1, -0.05) is 18.2 Å². The van der Waals surface area contributed by atoms with Gasteiger partial charge in [0.1, 0.15) is 5.82 Å². The highest BCUT2D eigenvalue weighted by atomic mass is 19.2. The highest BCUT2D eigenvalue weighted by Gasteiger charge is 2.39. The zero-order valence-corrected chi connectivity index (χ0v) is 16.1. The minimum atomic E-state index is -1.09. The fraction of sp³-hybridized carbons (Fsp3) is 0.238. The summed E-state index contributed by atoms with van der Waals surface area (Å²) in [7, 11) is 0. The second-order valence-electron chi connectivity index (χ2n) is 7.17. The molecule has 3 aromatic rings. The Hall–Kier alpha value is -3.62. The summed E-state index contributed by atoms with van der Waals surface area (Å²) in [4.78, 5) is 31.4. The fourth-order valence-electron chi connectivity index (χ4n) is 3.56. The first kappa shape index (κ1) is 19.7. The molecule has 2 aromatic carbocycles. The molecule has 0 saturated carbocycles. The Morgan fingerprint density at radius 2 is 1.83 bits per heavy atom. The molecule has 0 unspecified atom stereocenters. The lowest BCUT2D eigenvalue weighted by atomic mass is 10.0. The van der Waals surface area contributed by atoms with Crippen LogP contribution in [0.25, 0.3) is 0 Å². The number of carbonyl (C=O) groups is 2. The van der Waals surface area contributed by atoms with Gasteiger partial charge < -0.3 is 10.2 Å². The smallest absolute Gasteiger partial charge is 0.254 e. The standard InChI is InChI=1S/C21H19F2N5O2/c1-12-24-19(27-26-12)15-10-28(21(30)14-7-8-16(22)17(23)9-14)11-18(15)25-20(29)13-5-3-2-4-6-13/h2-9,15,18H,10-11H2,1H3,(H,25,29)(H,24,26,27)/t15-,18-/m1/s1. The average Bonchev–Trinajstić information content (AvgIpc) is 3.36. The van der Waals surface area contributed by atoms with Crippen molar-refractivity contribution in [2.45, 2.75) is 18.9 Å². The monoisotopic (exact) mass is 411 g/mol. The molecule has 2 atom stereocenters. The number of aromatic nitrogens is 3. The number of rotatable bonds is 4. The van der Waals surface area contributed by atoms with E-state index < -0.39 is 23.6 Å². The highest BCUT2D eigenvalue weighted by molar-refractivity contribution is 5.96. The first-order chi connectivity index (χ1) is 14.4. The Kier molecular flexibility index (Phi) is 5.26. The van der Waals surface area contributed by atoms with Crippen LogP contribution in [0.2, 0.25) is 0 Å². The second-order valence-corrected chi connectivity index (χ2v) is 7.17. The van der Waals surface area contributed by atoms with E-state index in [0.29, 0.717) is 17.2 Å². The maximum Gasteiger partial charge on any atom is 0.254 e. The van der Waals surface area contributed by atoms with Crippen molar-refractivity contribution in [3.8, 4) is 0 Å². The third kappa shape index (κ3) is 3.91. The zero-order chi connectivity index (χ0) is 21.3. The maximum absolute atomic E-state index is 13.6. The van der Waals surface area contributed by atoms with Crippen LogP contribution in [-0.2, 0) is 0 Å². The van der Waals surface area contributed by atoms with Crippen molar-refractivity contribution in [1.82, 2.24) is 25.4 Å². The van der Waals surface area contributed by atoms with Gasteiger partial charge in [0.2, 0.25) is 0 Å². The number of nitrogens with one attached hydrogen (secondary N) is 2. The van der Waals surface area contributed by atoms with Gasteiger partial charge >= 0.3 is 0 Å². The first-order valence-corrected chi connectivity index (χ1v) is 9.41. The average molecular weight is 411 g/mol. The van der Waals surface area contributed by atoms with Gasteiger partial charge in [-0.25, -0.2) is 13.8 Å². The van der Waals surface area contributed by atoms with Gasteiger partial charge in [-0.2, -0.15) is 5.10 Å². The van der Waals surface area contributed by atoms with Crippen LogP contribution in [0.3, 0.4) is 0 Å². The summed E-state index contributed by atoms with van der Waals surface area (Å²) >= 11 is 0. The molecule has 7 nitrogen and oxygen atoms in total. The molecule has 0 aliphatic carbocycles. The Morgan fingerprint density at radius 1 is 1.07 bits per heavy atom. The molecular weight excluding hydrogens is 392 g/mol. The molecule has 0 spiro atoms. The molecule has 30 heavy (non-hydrogen) atoms. The van der Waals surface area contributed by atoms with E-state index in [0.717, 1.165) is 12.1 Å². The van der Waals surface area contributed by atoms with Crippen LogP contribution in [0.4, 0.5) is 8.78 Å². The number of aryl methyl sites for hydroxylation is 1. The molecule has 1 aromatic heterocycles. The minimum absolute atomic E-state index is 0.0360. The van der Waals surface area contributed by atoms with E-state index in [2.05, 4.69) is 20.5 Å². The molecular formula is C21H19F2N5O2. The molecule has 9 heteroatoms. The number of aromatic amines is 1. The predicted octanol–water partition coefficient (Wildman–Crippen LogP) is 2.43. The van der Waals surface area contributed by atoms with Gasteiger partial charge in [0.15, 0.2) is 17.5 Å². The lowest BCUT2D eigenvalue weighted by molar-refractivity contribution is 0.0781. The number of amides is 2. The summed E-state index contributed by atoms with van der Waals surface area (Å²) in [5, 5.41) is 9.91. The summed E-state index contributed by atoms with van der Waals surface area (Å²) in [6, 6.07) is 11.3. The predicted molar refractivity (Wildman–Crippen MR) is 104 cm³/mol. The lowest BCUT2D eigenvalue weighted by Crippen LogP contribution is -2.40. The molecule has 0 radical (unpaired) electrons. The van der Waals surface area contributed by atoms with Crippen LogP contribution in [-0.4, -0.2) is 51.0 Å². The highest BCUT2D eigenvalue weighted by Crippen LogP contribution is 2.27. The van der Waals surface area contributed by atoms with Gasteiger partial charge in [-0.3, -0.25) is 14.7 Å². The van der Waals surface area contributed by atoms with E-state index in [4.69, 9.17) is 0 Å². The quantitative estimate of drug-likeness (QED) is 0.690. The number of hydrogen-bond donors (Lipinski definition) is 2. The summed E-state index contributed by atoms with van der Waals surface area (Å²) < 4.78 is 26.8. The van der Waals surface area contributed by atoms with Crippen molar-refractivity contribution >= 4 is 11.8 Å². The van der Waals surface area contributed by atoms with Gasteiger partial charge in [0, 0.05) is 24.2 Å². The van der Waals surface area contributed by atoms with E-state index in [1.165, 1.54) is 11.0 Å². The third-order valence-electron chi connectivity index (χ3n) is 5.07. The number of carbonyl (C=O) groups excluding carboxylic acids is 2. The summed E-state index contributed by atoms with van der Waals surface area (Å²) in [6.45, 7) is 2.18. The van der Waals surface area contributed by atoms with E-state index in [9.17, 15) is 18.4 Å². The van der Waals surface area contributed by atoms with Crippen molar-refractivity contribution < 1.29 is 18.4 Å². The SMILES string of the molecule is Cc1nc([C@@H]2CN(C(=O)c3ccc(F)c(F)c3)C[C@H]2NC(=O)c2ccccc2)n[nH]1. The zero-order valence-electron chi connectivity index (χ0n) is 16.1. The number of hydrogen-bond acceptors (Lipinski definition) is 4. The molecule has 4 rings (SSSR count). The molecule has 1 fully saturated rings. The molecule has 2 N–H and O–H groups in total. The Balaban J connectivity index is 1.58. The minimum Gasteiger partial charge on any atom is -0.347 e. The van der Waals surface area contributed by atoms with E-state index >= 15 is 0 Å². The number of likely N-dealkylation sites (tertiary alicyclic amines) is 1. The van der Waals surface area contributed by atoms with Crippen LogP contribution in [0.1, 0.15) is 38.3 Å². The molecule has 0 bridgehead atoms. The molecule has 1 aliphatic heterocycles. The molecule has 1 saturated heterocycles. The Bertz CT molecular complexity index is 1090. The normalized spacial score (nSPS) is 18.4. The molecule has 1 aliphatic rings. The van der Waals surface area contributed by atoms with Crippen molar-refractivity contribution in [2.75, 3.05) is 13.1 Å². The van der Waals surface area contributed by atoms with E-state index in [1.54, 1.807) is 31.2 Å². The van der Waals surface area contributed by atoms with Crippen LogP contribution < -0.4 is 5.32 Å². The van der Waals surface area contributed by atoms with E-state index in [-0.39, 0.29) is 30.5 Å². The Labute approximate surface area is 171 Å². The first-order valence-electron chi connectivity index (χ1n) is 9.41. The van der Waals surface area contributed by atoms with Crippen LogP contribution >= 0.6 is 0 Å². The fourth-order valence-corrected chi connectivity index (χ4v) is 3.56. The maximum atomic E-state index is 13.6. The van der Waals surface area contributed by atoms with Gasteiger partial charge in [-0.05, 0) is 37.3 Å². The van der Waals surface area contributed by atoms with Crippen molar-refractivity contribution in [3.05, 3.63) is 82.9 Å². The third-order valence-corrected chi connectivity index (χ3v) is 5.07. The van der Waals surface area contributed by atoms with Crippen LogP contribution in [0.15, 0.2) is 48.5 Å². The number of halogens is 2. The number of H-pyrrole nitrogens is 1. The van der Waals surface area contributed by atoms with Crippen molar-refractivity contribution in [3.63, 3.8) is 0 Å². The Morgan fingerprint density at radius 3 is 2.50 bits per heavy atom. The van der Waals surface area contributed by atoms with Crippen molar-refractivity contribution in [1.29, 1.82) is 0 Å². The number of benzene rings is 2. The summed E-state index contributed by atoms with van der Waals surface area (Å²) in [5.74, 6) is -2.10. The summed E-state index contributed by atoms with van der Waals surface area (Å²) in [6.07, 6.45) is 0. The van der Waals surface area contributed by atoms with Gasteiger partial charge in [0.25, 0.3) is 11.8 Å². The summed E-state index contributed by atoms with van der Waals surface area (Å²) in [5.41, 5.74) is 0.529. The molecule has 154 valence electrons. The molecule has 2 heterocycles. The van der Waals surface area contributed by atoms with Gasteiger partial charge in [-0.15, -0.1) is 0 Å². The van der Waals surface area contributed by atoms with Crippen molar-refractivity contribution in [2.24, 2.45) is 0 Å². The lowest BCUT2D eigenvalue weighted by Gasteiger charge is -2.18. The largest absolute Gasteiger partial charge is 0.347 e. The van der Waals surface area contributed by atoms with Crippen LogP contribution in [0.5, 0.6) is 0 Å². The second kappa shape index (κ2) is 8.02. The molecule has 2 amide bonds. The topological polar surface area (TPSA) is 91.0 Å². The van der Waals surface area contributed by atoms with Gasteiger partial charge in [0.05, 0.1) is 12.0 Å².